The molecule has 0 aliphatic heterocycles. The highest BCUT2D eigenvalue weighted by molar-refractivity contribution is 7.17. The average molecular weight is 315 g/mol. The fourth-order valence-corrected chi connectivity index (χ4v) is 2.97. The van der Waals surface area contributed by atoms with Gasteiger partial charge in [0.05, 0.1) is 10.6 Å². The predicted octanol–water partition coefficient (Wildman–Crippen LogP) is 4.32. The minimum atomic E-state index is -0.231. The Hall–Kier alpha value is -2.17. The highest BCUT2D eigenvalue weighted by atomic mass is 35.5. The van der Waals surface area contributed by atoms with Crippen molar-refractivity contribution >= 4 is 45.8 Å². The van der Waals surface area contributed by atoms with Crippen LogP contribution in [0.1, 0.15) is 15.2 Å². The maximum Gasteiger partial charge on any atom is 0.271 e. The lowest BCUT2D eigenvalue weighted by Crippen LogP contribution is -2.17. The van der Waals surface area contributed by atoms with Gasteiger partial charge in [0, 0.05) is 10.4 Å². The highest BCUT2D eigenvalue weighted by Crippen LogP contribution is 2.20. The van der Waals surface area contributed by atoms with Crippen molar-refractivity contribution in [3.63, 3.8) is 0 Å². The molecule has 3 rings (SSSR count). The maximum absolute atomic E-state index is 12.2. The van der Waals surface area contributed by atoms with Crippen LogP contribution in [-0.2, 0) is 0 Å². The van der Waals surface area contributed by atoms with E-state index in [-0.39, 0.29) is 5.91 Å². The Balaban J connectivity index is 1.80. The summed E-state index contributed by atoms with van der Waals surface area (Å²) in [4.78, 5) is 13.1. The number of nitrogens with one attached hydrogen (secondary N) is 1. The minimum Gasteiger partial charge on any atom is -0.267 e. The standard InChI is InChI=1S/C16H11ClN2OS/c17-15-9-8-12(21-15)10-18-19-16(20)14-7-3-5-11-4-1-2-6-13(11)14/h1-10H,(H,19,20)/b18-10+. The van der Waals surface area contributed by atoms with Gasteiger partial charge < -0.3 is 0 Å². The van der Waals surface area contributed by atoms with Crippen molar-refractivity contribution in [3.8, 4) is 0 Å². The van der Waals surface area contributed by atoms with Crippen LogP contribution < -0.4 is 5.43 Å². The first-order chi connectivity index (χ1) is 10.2. The van der Waals surface area contributed by atoms with Gasteiger partial charge in [-0.15, -0.1) is 11.3 Å². The summed E-state index contributed by atoms with van der Waals surface area (Å²) in [6, 6.07) is 17.0. The molecule has 2 aromatic carbocycles. The number of hydrogen-bond donors (Lipinski definition) is 1. The Morgan fingerprint density at radius 2 is 1.90 bits per heavy atom. The van der Waals surface area contributed by atoms with Crippen molar-refractivity contribution in [2.45, 2.75) is 0 Å². The van der Waals surface area contributed by atoms with Crippen molar-refractivity contribution in [1.82, 2.24) is 5.43 Å². The molecule has 0 atom stereocenters. The molecule has 0 unspecified atom stereocenters. The molecule has 1 N–H and O–H groups in total. The average Bonchev–Trinajstić information content (AvgIpc) is 2.92. The first kappa shape index (κ1) is 13.8. The molecule has 0 bridgehead atoms. The van der Waals surface area contributed by atoms with E-state index in [1.54, 1.807) is 18.3 Å². The first-order valence-corrected chi connectivity index (χ1v) is 7.50. The zero-order valence-corrected chi connectivity index (χ0v) is 12.5. The second-order valence-corrected chi connectivity index (χ2v) is 6.11. The van der Waals surface area contributed by atoms with Gasteiger partial charge in [-0.3, -0.25) is 4.79 Å². The topological polar surface area (TPSA) is 41.5 Å². The molecule has 1 aromatic heterocycles. The van der Waals surface area contributed by atoms with E-state index < -0.39 is 0 Å². The zero-order chi connectivity index (χ0) is 14.7. The molecule has 3 aromatic rings. The lowest BCUT2D eigenvalue weighted by Gasteiger charge is -2.04. The molecule has 21 heavy (non-hydrogen) atoms. The van der Waals surface area contributed by atoms with Gasteiger partial charge in [-0.1, -0.05) is 48.0 Å². The molecule has 1 amide bonds. The van der Waals surface area contributed by atoms with Crippen LogP contribution in [-0.4, -0.2) is 12.1 Å². The number of carbonyl (C=O) groups excluding carboxylic acids is 1. The summed E-state index contributed by atoms with van der Waals surface area (Å²) in [5.41, 5.74) is 3.15. The Bertz CT molecular complexity index is 821. The summed E-state index contributed by atoms with van der Waals surface area (Å²) in [6.45, 7) is 0. The Morgan fingerprint density at radius 1 is 1.10 bits per heavy atom. The van der Waals surface area contributed by atoms with Gasteiger partial charge in [0.25, 0.3) is 5.91 Å². The SMILES string of the molecule is O=C(N/N=C/c1ccc(Cl)s1)c1cccc2ccccc12. The van der Waals surface area contributed by atoms with Crippen LogP contribution >= 0.6 is 22.9 Å². The molecule has 0 aliphatic carbocycles. The normalized spacial score (nSPS) is 11.1. The van der Waals surface area contributed by atoms with E-state index in [4.69, 9.17) is 11.6 Å². The fraction of sp³-hybridized carbons (Fsp3) is 0. The van der Waals surface area contributed by atoms with Crippen LogP contribution in [0.3, 0.4) is 0 Å². The summed E-state index contributed by atoms with van der Waals surface area (Å²) < 4.78 is 0.692. The van der Waals surface area contributed by atoms with Gasteiger partial charge >= 0.3 is 0 Å². The number of rotatable bonds is 3. The zero-order valence-electron chi connectivity index (χ0n) is 10.9. The van der Waals surface area contributed by atoms with Gasteiger partial charge in [0.2, 0.25) is 0 Å². The van der Waals surface area contributed by atoms with Crippen LogP contribution in [0.15, 0.2) is 59.7 Å². The molecule has 0 spiro atoms. The molecule has 3 nitrogen and oxygen atoms in total. The van der Waals surface area contributed by atoms with Crippen molar-refractivity contribution in [2.24, 2.45) is 5.10 Å². The molecule has 1 heterocycles. The van der Waals surface area contributed by atoms with Gasteiger partial charge in [-0.05, 0) is 29.0 Å². The van der Waals surface area contributed by atoms with Crippen LogP contribution in [0.5, 0.6) is 0 Å². The third-order valence-electron chi connectivity index (χ3n) is 2.99. The lowest BCUT2D eigenvalue weighted by atomic mass is 10.0. The second-order valence-electron chi connectivity index (χ2n) is 4.37. The molecular formula is C16H11ClN2OS. The molecule has 5 heteroatoms. The van der Waals surface area contributed by atoms with E-state index in [0.29, 0.717) is 9.90 Å². The van der Waals surface area contributed by atoms with Crippen molar-refractivity contribution in [3.05, 3.63) is 69.4 Å². The monoisotopic (exact) mass is 314 g/mol. The van der Waals surface area contributed by atoms with Crippen molar-refractivity contribution in [2.75, 3.05) is 0 Å². The highest BCUT2D eigenvalue weighted by Gasteiger charge is 2.08. The Morgan fingerprint density at radius 3 is 2.71 bits per heavy atom. The van der Waals surface area contributed by atoms with E-state index in [2.05, 4.69) is 10.5 Å². The Labute approximate surface area is 130 Å². The molecule has 0 aliphatic rings. The fourth-order valence-electron chi connectivity index (χ4n) is 2.04. The number of benzene rings is 2. The molecule has 104 valence electrons. The largest absolute Gasteiger partial charge is 0.271 e. The summed E-state index contributed by atoms with van der Waals surface area (Å²) in [5, 5.41) is 5.90. The van der Waals surface area contributed by atoms with E-state index in [1.165, 1.54) is 11.3 Å². The predicted molar refractivity (Wildman–Crippen MR) is 88.3 cm³/mol. The molecule has 0 radical (unpaired) electrons. The lowest BCUT2D eigenvalue weighted by molar-refractivity contribution is 0.0957. The molecule has 0 saturated carbocycles. The third-order valence-corrected chi connectivity index (χ3v) is 4.15. The van der Waals surface area contributed by atoms with Gasteiger partial charge in [-0.25, -0.2) is 5.43 Å². The van der Waals surface area contributed by atoms with Crippen LogP contribution in [0, 0.1) is 0 Å². The maximum atomic E-state index is 12.2. The van der Waals surface area contributed by atoms with Crippen molar-refractivity contribution < 1.29 is 4.79 Å². The second kappa shape index (κ2) is 6.08. The number of fused-ring (bicyclic) bond motifs is 1. The first-order valence-electron chi connectivity index (χ1n) is 6.30. The number of nitrogens with zero attached hydrogens (tertiary/aromatic N) is 1. The quantitative estimate of drug-likeness (QED) is 0.568. The van der Waals surface area contributed by atoms with E-state index in [0.717, 1.165) is 15.6 Å². The number of thiophene rings is 1. The number of amides is 1. The summed E-state index contributed by atoms with van der Waals surface area (Å²) in [7, 11) is 0. The Kier molecular flexibility index (Phi) is 3.99. The van der Waals surface area contributed by atoms with E-state index in [9.17, 15) is 4.79 Å². The summed E-state index contributed by atoms with van der Waals surface area (Å²) in [6.07, 6.45) is 1.58. The van der Waals surface area contributed by atoms with Crippen LogP contribution in [0.25, 0.3) is 10.8 Å². The minimum absolute atomic E-state index is 0.231. The smallest absolute Gasteiger partial charge is 0.267 e. The van der Waals surface area contributed by atoms with Crippen molar-refractivity contribution in [1.29, 1.82) is 0 Å². The summed E-state index contributed by atoms with van der Waals surface area (Å²) in [5.74, 6) is -0.231. The van der Waals surface area contributed by atoms with Gasteiger partial charge in [0.1, 0.15) is 0 Å². The van der Waals surface area contributed by atoms with E-state index in [1.807, 2.05) is 42.5 Å². The third kappa shape index (κ3) is 3.12. The molecular weight excluding hydrogens is 304 g/mol. The summed E-state index contributed by atoms with van der Waals surface area (Å²) >= 11 is 7.24. The molecule has 0 fully saturated rings. The van der Waals surface area contributed by atoms with E-state index >= 15 is 0 Å². The van der Waals surface area contributed by atoms with Gasteiger partial charge in [0.15, 0.2) is 0 Å². The molecule has 0 saturated heterocycles. The van der Waals surface area contributed by atoms with Gasteiger partial charge in [-0.2, -0.15) is 5.10 Å². The number of carbonyl (C=O) groups is 1. The number of halogens is 1. The number of hydrogen-bond acceptors (Lipinski definition) is 3. The van der Waals surface area contributed by atoms with Crippen LogP contribution in [0.4, 0.5) is 0 Å². The number of hydrazone groups is 1. The van der Waals surface area contributed by atoms with Crippen LogP contribution in [0.2, 0.25) is 4.34 Å².